The third-order valence-corrected chi connectivity index (χ3v) is 2.78. The molecule has 0 aromatic rings. The first kappa shape index (κ1) is 19.8. The summed E-state index contributed by atoms with van der Waals surface area (Å²) in [6.45, 7) is 8.61. The minimum atomic E-state index is 0.564. The molecular weight excluding hydrogens is 260 g/mol. The van der Waals surface area contributed by atoms with Gasteiger partial charge in [-0.25, -0.2) is 0 Å². The normalized spacial score (nSPS) is 11.4. The lowest BCUT2D eigenvalue weighted by atomic mass is 10.1. The smallest absolute Gasteiger partial charge is 0.0701 e. The second-order valence-electron chi connectivity index (χ2n) is 4.71. The Morgan fingerprint density at radius 1 is 0.600 bits per heavy atom. The Hall–Kier alpha value is -0.240. The molecule has 0 rings (SSSR count). The summed E-state index contributed by atoms with van der Waals surface area (Å²) in [4.78, 5) is 0. The van der Waals surface area contributed by atoms with Crippen molar-refractivity contribution in [1.29, 1.82) is 0 Å². The highest BCUT2D eigenvalue weighted by Gasteiger charge is 2.02. The molecule has 122 valence electrons. The summed E-state index contributed by atoms with van der Waals surface area (Å²) in [7, 11) is 0. The van der Waals surface area contributed by atoms with Crippen LogP contribution in [0.1, 0.15) is 19.8 Å². The van der Waals surface area contributed by atoms with Gasteiger partial charge in [-0.05, 0) is 18.8 Å². The lowest BCUT2D eigenvalue weighted by molar-refractivity contribution is 0.0360. The lowest BCUT2D eigenvalue weighted by Crippen LogP contribution is -2.14. The first-order valence-corrected chi connectivity index (χ1v) is 7.52. The molecule has 0 heterocycles. The van der Waals surface area contributed by atoms with Crippen molar-refractivity contribution < 1.29 is 18.9 Å². The van der Waals surface area contributed by atoms with Crippen molar-refractivity contribution in [3.63, 3.8) is 0 Å². The molecule has 0 atom stereocenters. The molecule has 6 nitrogen and oxygen atoms in total. The molecule has 0 spiro atoms. The van der Waals surface area contributed by atoms with E-state index in [0.717, 1.165) is 26.1 Å². The van der Waals surface area contributed by atoms with Gasteiger partial charge in [0.05, 0.1) is 39.6 Å². The van der Waals surface area contributed by atoms with Gasteiger partial charge in [0.15, 0.2) is 0 Å². The van der Waals surface area contributed by atoms with Gasteiger partial charge in [-0.1, -0.05) is 6.92 Å². The van der Waals surface area contributed by atoms with Crippen LogP contribution in [0.3, 0.4) is 0 Å². The molecule has 4 N–H and O–H groups in total. The van der Waals surface area contributed by atoms with E-state index >= 15 is 0 Å². The molecule has 0 bridgehead atoms. The summed E-state index contributed by atoms with van der Waals surface area (Å²) in [5.74, 6) is 0.602. The van der Waals surface area contributed by atoms with E-state index in [1.165, 1.54) is 0 Å². The summed E-state index contributed by atoms with van der Waals surface area (Å²) in [6.07, 6.45) is 2.09. The van der Waals surface area contributed by atoms with Gasteiger partial charge in [0, 0.05) is 26.3 Å². The predicted molar refractivity (Wildman–Crippen MR) is 79.8 cm³/mol. The topological polar surface area (TPSA) is 89.0 Å². The van der Waals surface area contributed by atoms with E-state index in [2.05, 4.69) is 6.92 Å². The number of nitrogens with two attached hydrogens (primary N) is 2. The van der Waals surface area contributed by atoms with E-state index in [1.807, 2.05) is 0 Å². The monoisotopic (exact) mass is 292 g/mol. The molecule has 0 aliphatic rings. The van der Waals surface area contributed by atoms with Gasteiger partial charge >= 0.3 is 0 Å². The number of ether oxygens (including phenoxy) is 4. The molecule has 0 aliphatic carbocycles. The van der Waals surface area contributed by atoms with Crippen molar-refractivity contribution >= 4 is 0 Å². The van der Waals surface area contributed by atoms with Crippen LogP contribution in [0.2, 0.25) is 0 Å². The van der Waals surface area contributed by atoms with E-state index < -0.39 is 0 Å². The third kappa shape index (κ3) is 15.8. The summed E-state index contributed by atoms with van der Waals surface area (Å²) in [6, 6.07) is 0. The predicted octanol–water partition coefficient (Wildman–Crippen LogP) is 0.387. The molecule has 0 radical (unpaired) electrons. The van der Waals surface area contributed by atoms with Gasteiger partial charge in [-0.3, -0.25) is 0 Å². The maximum absolute atomic E-state index is 5.48. The fourth-order valence-electron chi connectivity index (χ4n) is 1.52. The standard InChI is InChI=1S/C14H32N2O4/c1-14(2-6-17-10-12-19-8-4-15)3-7-18-11-13-20-9-5-16/h14H,2-13,15-16H2,1H3. The molecule has 20 heavy (non-hydrogen) atoms. The minimum Gasteiger partial charge on any atom is -0.379 e. The Morgan fingerprint density at radius 3 is 1.30 bits per heavy atom. The Labute approximate surface area is 123 Å². The fourth-order valence-corrected chi connectivity index (χ4v) is 1.52. The van der Waals surface area contributed by atoms with Crippen LogP contribution in [0.5, 0.6) is 0 Å². The molecule has 0 fully saturated rings. The van der Waals surface area contributed by atoms with Gasteiger partial charge in [0.1, 0.15) is 0 Å². The molecule has 0 aromatic heterocycles. The molecule has 0 unspecified atom stereocenters. The van der Waals surface area contributed by atoms with Crippen molar-refractivity contribution in [2.75, 3.05) is 65.9 Å². The SMILES string of the molecule is CC(CCOCCOCCN)CCOCCOCCN. The van der Waals surface area contributed by atoms with E-state index in [-0.39, 0.29) is 0 Å². The van der Waals surface area contributed by atoms with Crippen LogP contribution >= 0.6 is 0 Å². The quantitative estimate of drug-likeness (QED) is 0.400. The van der Waals surface area contributed by atoms with Gasteiger partial charge in [0.2, 0.25) is 0 Å². The van der Waals surface area contributed by atoms with E-state index in [9.17, 15) is 0 Å². The Bertz CT molecular complexity index is 167. The van der Waals surface area contributed by atoms with Gasteiger partial charge in [0.25, 0.3) is 0 Å². The summed E-state index contributed by atoms with van der Waals surface area (Å²) < 4.78 is 21.4. The number of hydrogen-bond acceptors (Lipinski definition) is 6. The zero-order valence-corrected chi connectivity index (χ0v) is 12.9. The first-order valence-electron chi connectivity index (χ1n) is 7.52. The highest BCUT2D eigenvalue weighted by atomic mass is 16.5. The van der Waals surface area contributed by atoms with E-state index in [0.29, 0.717) is 58.6 Å². The average Bonchev–Trinajstić information content (AvgIpc) is 2.45. The molecule has 0 saturated heterocycles. The minimum absolute atomic E-state index is 0.564. The van der Waals surface area contributed by atoms with Crippen molar-refractivity contribution in [3.05, 3.63) is 0 Å². The molecule has 0 aromatic carbocycles. The molecule has 0 amide bonds. The second-order valence-corrected chi connectivity index (χ2v) is 4.71. The van der Waals surface area contributed by atoms with Gasteiger partial charge < -0.3 is 30.4 Å². The summed E-state index contributed by atoms with van der Waals surface area (Å²) >= 11 is 0. The zero-order chi connectivity index (χ0) is 14.9. The van der Waals surface area contributed by atoms with Gasteiger partial charge in [-0.2, -0.15) is 0 Å². The largest absolute Gasteiger partial charge is 0.379 e. The van der Waals surface area contributed by atoms with Crippen molar-refractivity contribution in [2.24, 2.45) is 17.4 Å². The van der Waals surface area contributed by atoms with Crippen LogP contribution in [0.15, 0.2) is 0 Å². The van der Waals surface area contributed by atoms with Crippen LogP contribution in [-0.4, -0.2) is 65.9 Å². The first-order chi connectivity index (χ1) is 9.81. The maximum atomic E-state index is 5.48. The van der Waals surface area contributed by atoms with Crippen molar-refractivity contribution in [3.8, 4) is 0 Å². The molecule has 6 heteroatoms. The summed E-state index contributed by atoms with van der Waals surface area (Å²) in [5.41, 5.74) is 10.6. The van der Waals surface area contributed by atoms with Crippen LogP contribution in [0.25, 0.3) is 0 Å². The Morgan fingerprint density at radius 2 is 0.950 bits per heavy atom. The van der Waals surface area contributed by atoms with Crippen LogP contribution in [0, 0.1) is 5.92 Å². The maximum Gasteiger partial charge on any atom is 0.0701 e. The van der Waals surface area contributed by atoms with Crippen LogP contribution < -0.4 is 11.5 Å². The fraction of sp³-hybridized carbons (Fsp3) is 1.00. The average molecular weight is 292 g/mol. The second kappa shape index (κ2) is 16.8. The Balaban J connectivity index is 3.11. The van der Waals surface area contributed by atoms with Crippen LogP contribution in [-0.2, 0) is 18.9 Å². The Kier molecular flexibility index (Phi) is 16.6. The van der Waals surface area contributed by atoms with E-state index in [1.54, 1.807) is 0 Å². The third-order valence-electron chi connectivity index (χ3n) is 2.78. The number of rotatable bonds is 16. The molecular formula is C14H32N2O4. The van der Waals surface area contributed by atoms with Crippen molar-refractivity contribution in [2.45, 2.75) is 19.8 Å². The van der Waals surface area contributed by atoms with Crippen LogP contribution in [0.4, 0.5) is 0 Å². The zero-order valence-electron chi connectivity index (χ0n) is 12.9. The van der Waals surface area contributed by atoms with Crippen molar-refractivity contribution in [1.82, 2.24) is 0 Å². The lowest BCUT2D eigenvalue weighted by Gasteiger charge is -2.12. The summed E-state index contributed by atoms with van der Waals surface area (Å²) in [5, 5.41) is 0. The van der Waals surface area contributed by atoms with E-state index in [4.69, 9.17) is 30.4 Å². The highest BCUT2D eigenvalue weighted by molar-refractivity contribution is 4.52. The highest BCUT2D eigenvalue weighted by Crippen LogP contribution is 2.07. The van der Waals surface area contributed by atoms with Gasteiger partial charge in [-0.15, -0.1) is 0 Å². The number of hydrogen-bond donors (Lipinski definition) is 2. The molecule has 0 aliphatic heterocycles. The molecule has 0 saturated carbocycles.